The number of carbonyl (C=O) groups is 1. The molecule has 0 spiro atoms. The van der Waals surface area contributed by atoms with Crippen LogP contribution in [0.3, 0.4) is 0 Å². The number of methoxy groups -OCH3 is 1. The quantitative estimate of drug-likeness (QED) is 0.351. The highest BCUT2D eigenvalue weighted by Crippen LogP contribution is 2.41. The minimum Gasteiger partial charge on any atom is -0.487 e. The van der Waals surface area contributed by atoms with E-state index in [0.29, 0.717) is 43.4 Å². The third-order valence-electron chi connectivity index (χ3n) is 9.17. The van der Waals surface area contributed by atoms with Crippen LogP contribution in [-0.4, -0.2) is 69.2 Å². The average Bonchev–Trinajstić information content (AvgIpc) is 2.99. The van der Waals surface area contributed by atoms with Crippen LogP contribution in [0.4, 0.5) is 5.69 Å². The van der Waals surface area contributed by atoms with Gasteiger partial charge in [-0.25, -0.2) is 4.72 Å². The lowest BCUT2D eigenvalue weighted by atomic mass is 9.70. The fraction of sp³-hybridized carbons (Fsp3) is 0.545. The smallest absolute Gasteiger partial charge is 0.304 e. The lowest BCUT2D eigenvalue weighted by Crippen LogP contribution is -2.48. The molecule has 1 aliphatic carbocycles. The fourth-order valence-corrected chi connectivity index (χ4v) is 8.08. The van der Waals surface area contributed by atoms with E-state index < -0.39 is 28.3 Å². The molecular weight excluding hydrogens is 602 g/mol. The number of nitrogens with one attached hydrogen (secondary N) is 1. The lowest BCUT2D eigenvalue weighted by molar-refractivity contribution is 0.0461. The second-order valence-electron chi connectivity index (χ2n) is 12.2. The maximum Gasteiger partial charge on any atom is 0.304 e. The van der Waals surface area contributed by atoms with Crippen LogP contribution < -0.4 is 14.4 Å². The normalized spacial score (nSPS) is 27.0. The van der Waals surface area contributed by atoms with Gasteiger partial charge in [-0.15, -0.1) is 0 Å². The second kappa shape index (κ2) is 14.6. The summed E-state index contributed by atoms with van der Waals surface area (Å²) < 4.78 is 42.3. The van der Waals surface area contributed by atoms with Gasteiger partial charge in [-0.1, -0.05) is 29.8 Å². The molecule has 5 rings (SSSR count). The molecule has 2 heterocycles. The number of aliphatic hydroxyl groups is 1. The summed E-state index contributed by atoms with van der Waals surface area (Å²) >= 11 is 6.31. The Bertz CT molecular complexity index is 1450. The molecule has 1 amide bonds. The molecular formula is C33H44ClN3O6S. The number of nitrogens with zero attached hydrogens (tertiary/aromatic N) is 2. The van der Waals surface area contributed by atoms with Crippen LogP contribution in [0.25, 0.3) is 0 Å². The maximum atomic E-state index is 13.6. The molecule has 0 radical (unpaired) electrons. The van der Waals surface area contributed by atoms with Crippen LogP contribution >= 0.6 is 11.6 Å². The Hall–Kier alpha value is -2.63. The first kappa shape index (κ1) is 32.8. The van der Waals surface area contributed by atoms with Crippen molar-refractivity contribution in [2.45, 2.75) is 70.6 Å². The summed E-state index contributed by atoms with van der Waals surface area (Å²) in [5.74, 6) is 0.318. The van der Waals surface area contributed by atoms with Crippen molar-refractivity contribution in [3.63, 3.8) is 0 Å². The van der Waals surface area contributed by atoms with Gasteiger partial charge in [0.1, 0.15) is 12.4 Å². The van der Waals surface area contributed by atoms with Gasteiger partial charge in [-0.2, -0.15) is 12.7 Å². The first-order valence-corrected chi connectivity index (χ1v) is 17.4. The largest absolute Gasteiger partial charge is 0.487 e. The number of hydrogen-bond acceptors (Lipinski definition) is 7. The molecule has 0 saturated heterocycles. The first-order valence-electron chi connectivity index (χ1n) is 15.6. The second-order valence-corrected chi connectivity index (χ2v) is 14.2. The Labute approximate surface area is 266 Å². The Morgan fingerprint density at radius 1 is 1.14 bits per heavy atom. The van der Waals surface area contributed by atoms with Crippen LogP contribution in [0.1, 0.15) is 66.9 Å². The minimum atomic E-state index is -4.17. The van der Waals surface area contributed by atoms with Crippen LogP contribution in [0.5, 0.6) is 5.75 Å². The summed E-state index contributed by atoms with van der Waals surface area (Å²) in [6.07, 6.45) is 8.62. The number of fused-ring (bicyclic) bond motifs is 3. The third-order valence-corrected chi connectivity index (χ3v) is 11.0. The van der Waals surface area contributed by atoms with E-state index in [2.05, 4.69) is 9.62 Å². The molecule has 1 fully saturated rings. The Morgan fingerprint density at radius 3 is 2.75 bits per heavy atom. The van der Waals surface area contributed by atoms with E-state index in [0.717, 1.165) is 55.5 Å². The van der Waals surface area contributed by atoms with Crippen molar-refractivity contribution in [1.29, 1.82) is 0 Å². The molecule has 4 atom stereocenters. The van der Waals surface area contributed by atoms with E-state index in [1.54, 1.807) is 25.3 Å². The summed E-state index contributed by atoms with van der Waals surface area (Å²) in [7, 11) is -2.61. The SMILES string of the molecule is COCCCN1[C@@H](C)C/C=C\[C@H](O)[C@@H]2CC[C@H]2CN2CCCCc3cc(Cl)ccc3COc3ccc(cc32)C(=O)NS1(=O)=O. The third kappa shape index (κ3) is 7.77. The van der Waals surface area contributed by atoms with Gasteiger partial charge in [0.2, 0.25) is 0 Å². The van der Waals surface area contributed by atoms with Crippen molar-refractivity contribution in [2.75, 3.05) is 38.3 Å². The number of carbonyl (C=O) groups excluding carboxylic acids is 1. The van der Waals surface area contributed by atoms with Crippen LogP contribution in [0, 0.1) is 11.8 Å². The molecule has 2 bridgehead atoms. The molecule has 240 valence electrons. The van der Waals surface area contributed by atoms with Crippen molar-refractivity contribution >= 4 is 33.4 Å². The molecule has 3 aliphatic rings. The Balaban J connectivity index is 1.52. The van der Waals surface area contributed by atoms with Crippen molar-refractivity contribution in [3.8, 4) is 5.75 Å². The van der Waals surface area contributed by atoms with Crippen LogP contribution in [0.15, 0.2) is 48.6 Å². The molecule has 2 aromatic carbocycles. The summed E-state index contributed by atoms with van der Waals surface area (Å²) in [6, 6.07) is 10.6. The molecule has 11 heteroatoms. The zero-order valence-electron chi connectivity index (χ0n) is 25.6. The van der Waals surface area contributed by atoms with Crippen molar-refractivity contribution < 1.29 is 27.8 Å². The van der Waals surface area contributed by atoms with Gasteiger partial charge in [0, 0.05) is 50.0 Å². The predicted molar refractivity (Wildman–Crippen MR) is 172 cm³/mol. The number of benzene rings is 2. The van der Waals surface area contributed by atoms with E-state index in [1.165, 1.54) is 4.31 Å². The maximum absolute atomic E-state index is 13.6. The van der Waals surface area contributed by atoms with Crippen molar-refractivity contribution in [2.24, 2.45) is 11.8 Å². The molecule has 2 N–H and O–H groups in total. The number of aliphatic hydroxyl groups excluding tert-OH is 1. The lowest BCUT2D eigenvalue weighted by Gasteiger charge is -2.42. The van der Waals surface area contributed by atoms with Gasteiger partial charge in [-0.05, 0) is 105 Å². The Kier molecular flexibility index (Phi) is 10.9. The van der Waals surface area contributed by atoms with E-state index in [-0.39, 0.29) is 23.9 Å². The predicted octanol–water partition coefficient (Wildman–Crippen LogP) is 5.11. The monoisotopic (exact) mass is 645 g/mol. The molecule has 1 saturated carbocycles. The number of halogens is 1. The fourth-order valence-electron chi connectivity index (χ4n) is 6.49. The number of rotatable bonds is 4. The van der Waals surface area contributed by atoms with Crippen molar-refractivity contribution in [1.82, 2.24) is 9.03 Å². The van der Waals surface area contributed by atoms with Crippen molar-refractivity contribution in [3.05, 3.63) is 70.3 Å². The highest BCUT2D eigenvalue weighted by atomic mass is 35.5. The number of anilines is 1. The van der Waals surface area contributed by atoms with Crippen LogP contribution in [-0.2, 0) is 28.0 Å². The molecule has 0 unspecified atom stereocenters. The first-order chi connectivity index (χ1) is 21.2. The standard InChI is InChI=1S/C33H44ClN3O6S/c1-23-7-5-9-31(38)29-14-11-26(29)21-36-16-4-3-8-24-19-28(34)13-10-27(24)22-43-32-15-12-25(20-30(32)36)33(39)35-44(40,41)37(23)17-6-18-42-2/h5,9-10,12-13,15,19-20,23,26,29,31,38H,3-4,6-8,11,14,16-18,21-22H2,1-2H3,(H,35,39)/b9-5-/t23-,26-,29+,31-/m0/s1. The highest BCUT2D eigenvalue weighted by Gasteiger charge is 2.37. The van der Waals surface area contributed by atoms with E-state index in [9.17, 15) is 18.3 Å². The summed E-state index contributed by atoms with van der Waals surface area (Å²) in [4.78, 5) is 15.8. The topological polar surface area (TPSA) is 108 Å². The van der Waals surface area contributed by atoms with Crippen LogP contribution in [0.2, 0.25) is 5.02 Å². The Morgan fingerprint density at radius 2 is 1.98 bits per heavy atom. The van der Waals surface area contributed by atoms with E-state index in [4.69, 9.17) is 21.1 Å². The van der Waals surface area contributed by atoms with E-state index in [1.807, 2.05) is 37.3 Å². The number of amides is 1. The molecule has 9 nitrogen and oxygen atoms in total. The molecule has 0 aromatic heterocycles. The van der Waals surface area contributed by atoms with Gasteiger partial charge in [-0.3, -0.25) is 4.79 Å². The number of hydrogen-bond donors (Lipinski definition) is 2. The van der Waals surface area contributed by atoms with E-state index >= 15 is 0 Å². The summed E-state index contributed by atoms with van der Waals surface area (Å²) in [5.41, 5.74) is 3.22. The number of aryl methyl sites for hydroxylation is 1. The average molecular weight is 646 g/mol. The van der Waals surface area contributed by atoms with Gasteiger partial charge in [0.15, 0.2) is 0 Å². The summed E-state index contributed by atoms with van der Waals surface area (Å²) in [6.45, 7) is 4.17. The zero-order valence-corrected chi connectivity index (χ0v) is 27.2. The molecule has 2 aliphatic heterocycles. The number of ether oxygens (including phenoxy) is 2. The van der Waals surface area contributed by atoms with Gasteiger partial charge >= 0.3 is 10.2 Å². The summed E-state index contributed by atoms with van der Waals surface area (Å²) in [5, 5.41) is 11.8. The van der Waals surface area contributed by atoms with Gasteiger partial charge < -0.3 is 19.5 Å². The molecule has 2 aromatic rings. The van der Waals surface area contributed by atoms with Gasteiger partial charge in [0.05, 0.1) is 11.8 Å². The molecule has 44 heavy (non-hydrogen) atoms. The minimum absolute atomic E-state index is 0.108. The highest BCUT2D eigenvalue weighted by molar-refractivity contribution is 7.87. The zero-order chi connectivity index (χ0) is 31.3. The van der Waals surface area contributed by atoms with Gasteiger partial charge in [0.25, 0.3) is 5.91 Å².